The average Bonchev–Trinajstić information content (AvgIpc) is 2.98. The minimum atomic E-state index is -0.329. The number of nitrogens with one attached hydrogen (secondary N) is 1. The molecule has 3 aromatic rings. The standard InChI is InChI=1S/C15H11ClFN3S/c16-13-8-14(18-9-12-5-2-6-21-12)20-15(19-13)10-3-1-4-11(17)7-10/h1-8H,9H2,(H,18,19,20). The van der Waals surface area contributed by atoms with Crippen LogP contribution < -0.4 is 5.32 Å². The molecule has 0 aliphatic rings. The molecule has 0 bridgehead atoms. The zero-order chi connectivity index (χ0) is 14.7. The van der Waals surface area contributed by atoms with Crippen LogP contribution in [-0.4, -0.2) is 9.97 Å². The van der Waals surface area contributed by atoms with Crippen LogP contribution in [0.3, 0.4) is 0 Å². The first-order valence-corrected chi connectivity index (χ1v) is 7.53. The molecule has 0 aliphatic carbocycles. The van der Waals surface area contributed by atoms with Gasteiger partial charge in [0.1, 0.15) is 16.8 Å². The summed E-state index contributed by atoms with van der Waals surface area (Å²) in [7, 11) is 0. The lowest BCUT2D eigenvalue weighted by molar-refractivity contribution is 0.628. The van der Waals surface area contributed by atoms with Crippen LogP contribution >= 0.6 is 22.9 Å². The fourth-order valence-electron chi connectivity index (χ4n) is 1.86. The van der Waals surface area contributed by atoms with Gasteiger partial charge in [0.15, 0.2) is 5.82 Å². The van der Waals surface area contributed by atoms with Gasteiger partial charge in [0.05, 0.1) is 6.54 Å². The van der Waals surface area contributed by atoms with Crippen molar-refractivity contribution in [3.63, 3.8) is 0 Å². The third-order valence-corrected chi connectivity index (χ3v) is 3.87. The third kappa shape index (κ3) is 3.56. The molecule has 0 aliphatic heterocycles. The number of halogens is 2. The first kappa shape index (κ1) is 14.0. The van der Waals surface area contributed by atoms with Gasteiger partial charge < -0.3 is 5.32 Å². The molecule has 2 heterocycles. The molecule has 0 amide bonds. The van der Waals surface area contributed by atoms with E-state index in [-0.39, 0.29) is 5.82 Å². The predicted molar refractivity (Wildman–Crippen MR) is 84.1 cm³/mol. The highest BCUT2D eigenvalue weighted by atomic mass is 35.5. The number of nitrogens with zero attached hydrogens (tertiary/aromatic N) is 2. The Labute approximate surface area is 130 Å². The number of hydrogen-bond acceptors (Lipinski definition) is 4. The van der Waals surface area contributed by atoms with Crippen molar-refractivity contribution in [3.05, 3.63) is 63.7 Å². The summed E-state index contributed by atoms with van der Waals surface area (Å²) in [6, 6.07) is 11.8. The molecule has 2 aromatic heterocycles. The largest absolute Gasteiger partial charge is 0.365 e. The first-order valence-electron chi connectivity index (χ1n) is 6.27. The topological polar surface area (TPSA) is 37.8 Å². The lowest BCUT2D eigenvalue weighted by Gasteiger charge is -2.07. The van der Waals surface area contributed by atoms with E-state index in [0.29, 0.717) is 28.9 Å². The van der Waals surface area contributed by atoms with E-state index in [2.05, 4.69) is 15.3 Å². The van der Waals surface area contributed by atoms with E-state index in [0.717, 1.165) is 0 Å². The second-order valence-electron chi connectivity index (χ2n) is 4.34. The molecule has 3 rings (SSSR count). The Morgan fingerprint density at radius 2 is 2.05 bits per heavy atom. The molecular formula is C15H11ClFN3S. The Morgan fingerprint density at radius 3 is 2.81 bits per heavy atom. The molecule has 0 saturated heterocycles. The summed E-state index contributed by atoms with van der Waals surface area (Å²) < 4.78 is 13.3. The molecule has 0 atom stereocenters. The van der Waals surface area contributed by atoms with Crippen molar-refractivity contribution in [2.24, 2.45) is 0 Å². The summed E-state index contributed by atoms with van der Waals surface area (Å²) in [6.45, 7) is 0.660. The third-order valence-electron chi connectivity index (χ3n) is 2.80. The highest BCUT2D eigenvalue weighted by Gasteiger charge is 2.07. The smallest absolute Gasteiger partial charge is 0.163 e. The zero-order valence-corrected chi connectivity index (χ0v) is 12.5. The number of benzene rings is 1. The van der Waals surface area contributed by atoms with Crippen molar-refractivity contribution >= 4 is 28.8 Å². The summed E-state index contributed by atoms with van der Waals surface area (Å²) in [4.78, 5) is 9.71. The van der Waals surface area contributed by atoms with Gasteiger partial charge in [-0.05, 0) is 23.6 Å². The molecule has 0 spiro atoms. The van der Waals surface area contributed by atoms with Crippen LogP contribution in [-0.2, 0) is 6.54 Å². The van der Waals surface area contributed by atoms with Gasteiger partial charge in [-0.15, -0.1) is 11.3 Å². The van der Waals surface area contributed by atoms with Crippen molar-refractivity contribution in [2.45, 2.75) is 6.54 Å². The van der Waals surface area contributed by atoms with E-state index in [1.807, 2.05) is 17.5 Å². The molecule has 0 fully saturated rings. The Kier molecular flexibility index (Phi) is 4.13. The van der Waals surface area contributed by atoms with Crippen LogP contribution in [0.4, 0.5) is 10.2 Å². The number of aromatic nitrogens is 2. The van der Waals surface area contributed by atoms with Crippen LogP contribution in [0.1, 0.15) is 4.88 Å². The maximum absolute atomic E-state index is 13.3. The number of thiophene rings is 1. The summed E-state index contributed by atoms with van der Waals surface area (Å²) in [5.74, 6) is 0.683. The van der Waals surface area contributed by atoms with Crippen LogP contribution in [0.2, 0.25) is 5.15 Å². The van der Waals surface area contributed by atoms with Crippen LogP contribution in [0.5, 0.6) is 0 Å². The fraction of sp³-hybridized carbons (Fsp3) is 0.0667. The van der Waals surface area contributed by atoms with E-state index in [9.17, 15) is 4.39 Å². The van der Waals surface area contributed by atoms with Crippen molar-refractivity contribution in [3.8, 4) is 11.4 Å². The molecule has 1 aromatic carbocycles. The predicted octanol–water partition coefficient (Wildman–Crippen LogP) is 4.61. The highest BCUT2D eigenvalue weighted by molar-refractivity contribution is 7.09. The van der Waals surface area contributed by atoms with Gasteiger partial charge in [-0.2, -0.15) is 0 Å². The Balaban J connectivity index is 1.85. The van der Waals surface area contributed by atoms with E-state index in [1.165, 1.54) is 17.0 Å². The van der Waals surface area contributed by atoms with Crippen molar-refractivity contribution in [1.29, 1.82) is 0 Å². The molecule has 1 N–H and O–H groups in total. The Bertz CT molecular complexity index is 746. The highest BCUT2D eigenvalue weighted by Crippen LogP contribution is 2.21. The molecule has 6 heteroatoms. The van der Waals surface area contributed by atoms with E-state index in [1.54, 1.807) is 29.5 Å². The first-order chi connectivity index (χ1) is 10.2. The number of hydrogen-bond donors (Lipinski definition) is 1. The van der Waals surface area contributed by atoms with Crippen LogP contribution in [0.15, 0.2) is 47.8 Å². The zero-order valence-electron chi connectivity index (χ0n) is 10.9. The molecule has 106 valence electrons. The van der Waals surface area contributed by atoms with Gasteiger partial charge in [0, 0.05) is 16.5 Å². The minimum absolute atomic E-state index is 0.318. The summed E-state index contributed by atoms with van der Waals surface area (Å²) >= 11 is 7.68. The SMILES string of the molecule is Fc1cccc(-c2nc(Cl)cc(NCc3cccs3)n2)c1. The monoisotopic (exact) mass is 319 g/mol. The summed E-state index contributed by atoms with van der Waals surface area (Å²) in [5, 5.41) is 5.53. The van der Waals surface area contributed by atoms with E-state index in [4.69, 9.17) is 11.6 Å². The van der Waals surface area contributed by atoms with Gasteiger partial charge in [0.25, 0.3) is 0 Å². The second kappa shape index (κ2) is 6.20. The average molecular weight is 320 g/mol. The molecule has 0 unspecified atom stereocenters. The fourth-order valence-corrected chi connectivity index (χ4v) is 2.68. The molecular weight excluding hydrogens is 309 g/mol. The maximum atomic E-state index is 13.3. The minimum Gasteiger partial charge on any atom is -0.365 e. The quantitative estimate of drug-likeness (QED) is 0.714. The lowest BCUT2D eigenvalue weighted by atomic mass is 10.2. The van der Waals surface area contributed by atoms with Crippen molar-refractivity contribution in [2.75, 3.05) is 5.32 Å². The number of rotatable bonds is 4. The molecule has 21 heavy (non-hydrogen) atoms. The Hall–Kier alpha value is -1.98. The lowest BCUT2D eigenvalue weighted by Crippen LogP contribution is -2.02. The normalized spacial score (nSPS) is 10.6. The van der Waals surface area contributed by atoms with E-state index < -0.39 is 0 Å². The van der Waals surface area contributed by atoms with Crippen molar-refractivity contribution < 1.29 is 4.39 Å². The molecule has 0 radical (unpaired) electrons. The van der Waals surface area contributed by atoms with Crippen LogP contribution in [0.25, 0.3) is 11.4 Å². The van der Waals surface area contributed by atoms with Gasteiger partial charge >= 0.3 is 0 Å². The van der Waals surface area contributed by atoms with E-state index >= 15 is 0 Å². The van der Waals surface area contributed by atoms with Gasteiger partial charge in [0.2, 0.25) is 0 Å². The summed E-state index contributed by atoms with van der Waals surface area (Å²) in [5.41, 5.74) is 0.594. The van der Waals surface area contributed by atoms with Gasteiger partial charge in [-0.1, -0.05) is 29.8 Å². The van der Waals surface area contributed by atoms with Gasteiger partial charge in [-0.25, -0.2) is 14.4 Å². The second-order valence-corrected chi connectivity index (χ2v) is 5.76. The molecule has 3 nitrogen and oxygen atoms in total. The number of anilines is 1. The maximum Gasteiger partial charge on any atom is 0.163 e. The van der Waals surface area contributed by atoms with Gasteiger partial charge in [-0.3, -0.25) is 0 Å². The Morgan fingerprint density at radius 1 is 1.14 bits per heavy atom. The molecule has 0 saturated carbocycles. The summed E-state index contributed by atoms with van der Waals surface area (Å²) in [6.07, 6.45) is 0. The van der Waals surface area contributed by atoms with Crippen LogP contribution in [0, 0.1) is 5.82 Å². The van der Waals surface area contributed by atoms with Crippen molar-refractivity contribution in [1.82, 2.24) is 9.97 Å².